The smallest absolute Gasteiger partial charge is 0.318 e. The molecule has 0 radical (unpaired) electrons. The summed E-state index contributed by atoms with van der Waals surface area (Å²) in [6.07, 6.45) is 4.57. The van der Waals surface area contributed by atoms with E-state index in [1.165, 1.54) is 24.3 Å². The number of likely N-dealkylation sites (tertiary alicyclic amines) is 1. The third-order valence-electron chi connectivity index (χ3n) is 7.54. The SMILES string of the molecule is O=C(NC1CCCC1)N1CCC[C@]2(CS(=O)(=O)c3ccc(Cl)cc3)c3c(F)ccc(F)c3OC[C@H]12. The van der Waals surface area contributed by atoms with Gasteiger partial charge in [0.1, 0.15) is 12.4 Å². The van der Waals surface area contributed by atoms with E-state index < -0.39 is 38.7 Å². The second-order valence-corrected chi connectivity index (χ2v) is 12.1. The van der Waals surface area contributed by atoms with Crippen LogP contribution in [0.4, 0.5) is 13.6 Å². The Morgan fingerprint density at radius 1 is 1.09 bits per heavy atom. The third-order valence-corrected chi connectivity index (χ3v) is 9.68. The zero-order valence-electron chi connectivity index (χ0n) is 19.1. The Balaban J connectivity index is 1.59. The summed E-state index contributed by atoms with van der Waals surface area (Å²) in [6, 6.07) is 6.69. The number of hydrogen-bond acceptors (Lipinski definition) is 4. The minimum atomic E-state index is -3.96. The van der Waals surface area contributed by atoms with Crippen LogP contribution in [-0.2, 0) is 15.3 Å². The Morgan fingerprint density at radius 3 is 2.49 bits per heavy atom. The van der Waals surface area contributed by atoms with Crippen molar-refractivity contribution < 1.29 is 26.7 Å². The van der Waals surface area contributed by atoms with E-state index in [1.54, 1.807) is 4.90 Å². The highest BCUT2D eigenvalue weighted by atomic mass is 35.5. The van der Waals surface area contributed by atoms with E-state index in [9.17, 15) is 17.6 Å². The van der Waals surface area contributed by atoms with Gasteiger partial charge < -0.3 is 15.0 Å². The number of nitrogens with one attached hydrogen (secondary N) is 1. The number of piperidine rings is 1. The molecular weight excluding hydrogens is 498 g/mol. The highest BCUT2D eigenvalue weighted by Gasteiger charge is 2.55. The van der Waals surface area contributed by atoms with Gasteiger partial charge in [0.2, 0.25) is 0 Å². The minimum Gasteiger partial charge on any atom is -0.488 e. The summed E-state index contributed by atoms with van der Waals surface area (Å²) in [5.74, 6) is -2.26. The van der Waals surface area contributed by atoms with Crippen LogP contribution in [0.15, 0.2) is 41.3 Å². The molecule has 1 saturated heterocycles. The maximum Gasteiger partial charge on any atom is 0.318 e. The number of amides is 2. The molecule has 2 aliphatic heterocycles. The second-order valence-electron chi connectivity index (χ2n) is 9.66. The van der Waals surface area contributed by atoms with Gasteiger partial charge in [0.15, 0.2) is 21.4 Å². The highest BCUT2D eigenvalue weighted by Crippen LogP contribution is 2.50. The molecule has 0 bridgehead atoms. The Bertz CT molecular complexity index is 1230. The molecule has 1 aliphatic carbocycles. The summed E-state index contributed by atoms with van der Waals surface area (Å²) in [5, 5.41) is 3.44. The van der Waals surface area contributed by atoms with Crippen LogP contribution in [-0.4, -0.2) is 50.3 Å². The van der Waals surface area contributed by atoms with Crippen molar-refractivity contribution in [2.45, 2.75) is 60.9 Å². The second kappa shape index (κ2) is 9.24. The molecule has 2 aromatic carbocycles. The molecule has 3 aliphatic rings. The lowest BCUT2D eigenvalue weighted by Gasteiger charge is -2.52. The first kappa shape index (κ1) is 24.3. The lowest BCUT2D eigenvalue weighted by atomic mass is 9.68. The quantitative estimate of drug-likeness (QED) is 0.621. The summed E-state index contributed by atoms with van der Waals surface area (Å²) in [5.41, 5.74) is -1.48. The van der Waals surface area contributed by atoms with Crippen molar-refractivity contribution in [1.29, 1.82) is 0 Å². The monoisotopic (exact) mass is 524 g/mol. The lowest BCUT2D eigenvalue weighted by Crippen LogP contribution is -2.65. The van der Waals surface area contributed by atoms with Crippen molar-refractivity contribution in [2.24, 2.45) is 0 Å². The molecule has 35 heavy (non-hydrogen) atoms. The molecule has 1 saturated carbocycles. The first-order valence-electron chi connectivity index (χ1n) is 11.9. The number of rotatable bonds is 4. The van der Waals surface area contributed by atoms with Crippen molar-refractivity contribution in [1.82, 2.24) is 10.2 Å². The van der Waals surface area contributed by atoms with E-state index in [0.29, 0.717) is 18.0 Å². The van der Waals surface area contributed by atoms with Crippen LogP contribution >= 0.6 is 11.6 Å². The molecule has 2 amide bonds. The molecule has 188 valence electrons. The number of carbonyl (C=O) groups is 1. The summed E-state index contributed by atoms with van der Waals surface area (Å²) in [4.78, 5) is 14.9. The summed E-state index contributed by atoms with van der Waals surface area (Å²) < 4.78 is 63.0. The van der Waals surface area contributed by atoms with E-state index >= 15 is 4.39 Å². The van der Waals surface area contributed by atoms with Crippen molar-refractivity contribution in [3.05, 3.63) is 58.6 Å². The number of sulfone groups is 1. The predicted octanol–water partition coefficient (Wildman–Crippen LogP) is 4.84. The molecular formula is C25H27ClF2N2O4S. The average Bonchev–Trinajstić information content (AvgIpc) is 3.33. The number of benzene rings is 2. The minimum absolute atomic E-state index is 0.0346. The number of nitrogens with zero attached hydrogens (tertiary/aromatic N) is 1. The van der Waals surface area contributed by atoms with Crippen LogP contribution in [0.2, 0.25) is 5.02 Å². The molecule has 2 aromatic rings. The van der Waals surface area contributed by atoms with E-state index in [2.05, 4.69) is 5.32 Å². The van der Waals surface area contributed by atoms with Gasteiger partial charge in [-0.1, -0.05) is 24.4 Å². The number of halogens is 3. The maximum atomic E-state index is 15.4. The van der Waals surface area contributed by atoms with Crippen LogP contribution in [0.3, 0.4) is 0 Å². The van der Waals surface area contributed by atoms with Gasteiger partial charge in [0.25, 0.3) is 0 Å². The Labute approximate surface area is 208 Å². The van der Waals surface area contributed by atoms with Crippen LogP contribution in [0.1, 0.15) is 44.1 Å². The molecule has 0 spiro atoms. The molecule has 1 N–H and O–H groups in total. The van der Waals surface area contributed by atoms with Crippen molar-refractivity contribution in [2.75, 3.05) is 18.9 Å². The molecule has 0 unspecified atom stereocenters. The van der Waals surface area contributed by atoms with Crippen molar-refractivity contribution in [3.63, 3.8) is 0 Å². The first-order chi connectivity index (χ1) is 16.7. The maximum absolute atomic E-state index is 15.4. The zero-order chi connectivity index (χ0) is 24.8. The Morgan fingerprint density at radius 2 is 1.77 bits per heavy atom. The van der Waals surface area contributed by atoms with Gasteiger partial charge in [-0.3, -0.25) is 0 Å². The molecule has 2 heterocycles. The van der Waals surface area contributed by atoms with Gasteiger partial charge in [-0.25, -0.2) is 22.0 Å². The molecule has 10 heteroatoms. The molecule has 0 aromatic heterocycles. The molecule has 2 fully saturated rings. The topological polar surface area (TPSA) is 75.7 Å². The van der Waals surface area contributed by atoms with Crippen LogP contribution in [0.5, 0.6) is 5.75 Å². The van der Waals surface area contributed by atoms with Crippen LogP contribution < -0.4 is 10.1 Å². The first-order valence-corrected chi connectivity index (χ1v) is 13.9. The largest absolute Gasteiger partial charge is 0.488 e. The van der Waals surface area contributed by atoms with Crippen LogP contribution in [0, 0.1) is 11.6 Å². The van der Waals surface area contributed by atoms with Crippen molar-refractivity contribution in [3.8, 4) is 5.75 Å². The van der Waals surface area contributed by atoms with E-state index in [4.69, 9.17) is 16.3 Å². The summed E-state index contributed by atoms with van der Waals surface area (Å²) >= 11 is 5.94. The standard InChI is InChI=1S/C25H27ClF2N2O4S/c26-16-6-8-18(9-7-16)35(32,33)15-25-12-3-13-30(24(31)29-17-4-1-2-5-17)21(25)14-34-23-20(28)11-10-19(27)22(23)25/h6-11,17,21H,1-5,12-15H2,(H,29,31)/t21-,25+/m0/s1. The summed E-state index contributed by atoms with van der Waals surface area (Å²) in [6.45, 7) is 0.253. The predicted molar refractivity (Wildman–Crippen MR) is 128 cm³/mol. The van der Waals surface area contributed by atoms with Gasteiger partial charge in [-0.05, 0) is 62.1 Å². The van der Waals surface area contributed by atoms with E-state index in [1.807, 2.05) is 0 Å². The lowest BCUT2D eigenvalue weighted by molar-refractivity contribution is 0.0410. The molecule has 2 atom stereocenters. The average molecular weight is 525 g/mol. The molecule has 6 nitrogen and oxygen atoms in total. The van der Waals surface area contributed by atoms with Gasteiger partial charge in [0, 0.05) is 28.6 Å². The number of ether oxygens (including phenoxy) is 1. The number of urea groups is 1. The fourth-order valence-corrected chi connectivity index (χ4v) is 7.91. The zero-order valence-corrected chi connectivity index (χ0v) is 20.7. The van der Waals surface area contributed by atoms with Gasteiger partial charge in [-0.15, -0.1) is 0 Å². The fourth-order valence-electron chi connectivity index (χ4n) is 5.90. The van der Waals surface area contributed by atoms with E-state index in [-0.39, 0.29) is 41.3 Å². The Kier molecular flexibility index (Phi) is 6.42. The van der Waals surface area contributed by atoms with E-state index in [0.717, 1.165) is 37.8 Å². The Hall–Kier alpha value is -2.39. The fraction of sp³-hybridized carbons (Fsp3) is 0.480. The van der Waals surface area contributed by atoms with Gasteiger partial charge in [0.05, 0.1) is 16.7 Å². The third kappa shape index (κ3) is 4.37. The van der Waals surface area contributed by atoms with Gasteiger partial charge >= 0.3 is 6.03 Å². The molecule has 5 rings (SSSR count). The van der Waals surface area contributed by atoms with Crippen LogP contribution in [0.25, 0.3) is 0 Å². The number of hydrogen-bond donors (Lipinski definition) is 1. The normalized spacial score (nSPS) is 24.4. The highest BCUT2D eigenvalue weighted by molar-refractivity contribution is 7.91. The van der Waals surface area contributed by atoms with Gasteiger partial charge in [-0.2, -0.15) is 0 Å². The number of fused-ring (bicyclic) bond motifs is 3. The van der Waals surface area contributed by atoms with Crippen molar-refractivity contribution >= 4 is 27.5 Å². The number of carbonyl (C=O) groups excluding carboxylic acids is 1. The summed E-state index contributed by atoms with van der Waals surface area (Å²) in [7, 11) is -3.96.